The SMILES string of the molecule is O=C(N1CC[C@@H](CN2CCOCC2)C1)C1(c2ccccc2)CCC1. The second-order valence-electron chi connectivity index (χ2n) is 7.62. The number of rotatable bonds is 4. The fraction of sp³-hybridized carbons (Fsp3) is 0.650. The number of nitrogens with zero attached hydrogens (tertiary/aromatic N) is 2. The van der Waals surface area contributed by atoms with Gasteiger partial charge in [-0.05, 0) is 30.7 Å². The normalized spacial score (nSPS) is 27.0. The smallest absolute Gasteiger partial charge is 0.233 e. The lowest BCUT2D eigenvalue weighted by molar-refractivity contribution is -0.140. The van der Waals surface area contributed by atoms with Gasteiger partial charge in [0.05, 0.1) is 18.6 Å². The molecule has 24 heavy (non-hydrogen) atoms. The molecule has 2 aliphatic heterocycles. The third kappa shape index (κ3) is 2.98. The molecule has 1 amide bonds. The molecule has 1 aromatic rings. The Hall–Kier alpha value is -1.39. The van der Waals surface area contributed by atoms with Crippen LogP contribution in [0.4, 0.5) is 0 Å². The molecule has 130 valence electrons. The number of likely N-dealkylation sites (tertiary alicyclic amines) is 1. The number of hydrogen-bond donors (Lipinski definition) is 0. The molecule has 0 unspecified atom stereocenters. The maximum absolute atomic E-state index is 13.3. The molecule has 4 rings (SSSR count). The van der Waals surface area contributed by atoms with Gasteiger partial charge in [-0.1, -0.05) is 36.8 Å². The van der Waals surface area contributed by atoms with E-state index >= 15 is 0 Å². The summed E-state index contributed by atoms with van der Waals surface area (Å²) in [5, 5.41) is 0. The highest BCUT2D eigenvalue weighted by Crippen LogP contribution is 2.45. The molecule has 4 heteroatoms. The van der Waals surface area contributed by atoms with Crippen LogP contribution in [-0.2, 0) is 14.9 Å². The van der Waals surface area contributed by atoms with Gasteiger partial charge in [0.2, 0.25) is 5.91 Å². The van der Waals surface area contributed by atoms with Crippen molar-refractivity contribution >= 4 is 5.91 Å². The maximum atomic E-state index is 13.3. The topological polar surface area (TPSA) is 32.8 Å². The van der Waals surface area contributed by atoms with Crippen molar-refractivity contribution < 1.29 is 9.53 Å². The van der Waals surface area contributed by atoms with Crippen LogP contribution in [0.1, 0.15) is 31.2 Å². The lowest BCUT2D eigenvalue weighted by Gasteiger charge is -2.43. The van der Waals surface area contributed by atoms with Crippen molar-refractivity contribution in [2.45, 2.75) is 31.1 Å². The number of amides is 1. The highest BCUT2D eigenvalue weighted by atomic mass is 16.5. The van der Waals surface area contributed by atoms with Gasteiger partial charge in [0, 0.05) is 32.7 Å². The van der Waals surface area contributed by atoms with Crippen molar-refractivity contribution in [2.24, 2.45) is 5.92 Å². The Labute approximate surface area is 144 Å². The van der Waals surface area contributed by atoms with Crippen LogP contribution in [0.15, 0.2) is 30.3 Å². The summed E-state index contributed by atoms with van der Waals surface area (Å²) >= 11 is 0. The lowest BCUT2D eigenvalue weighted by atomic mass is 9.63. The molecule has 4 nitrogen and oxygen atoms in total. The van der Waals surface area contributed by atoms with Gasteiger partial charge in [0.1, 0.15) is 0 Å². The molecule has 3 fully saturated rings. The lowest BCUT2D eigenvalue weighted by Crippen LogP contribution is -2.50. The fourth-order valence-corrected chi connectivity index (χ4v) is 4.53. The molecule has 1 saturated carbocycles. The van der Waals surface area contributed by atoms with Crippen molar-refractivity contribution in [3.8, 4) is 0 Å². The molecule has 1 atom stereocenters. The first-order chi connectivity index (χ1) is 11.8. The van der Waals surface area contributed by atoms with Gasteiger partial charge in [-0.2, -0.15) is 0 Å². The van der Waals surface area contributed by atoms with Gasteiger partial charge >= 0.3 is 0 Å². The molecule has 0 aromatic heterocycles. The van der Waals surface area contributed by atoms with Gasteiger partial charge in [0.25, 0.3) is 0 Å². The van der Waals surface area contributed by atoms with Crippen LogP contribution in [0, 0.1) is 5.92 Å². The van der Waals surface area contributed by atoms with Crippen LogP contribution >= 0.6 is 0 Å². The molecule has 1 aliphatic carbocycles. The Morgan fingerprint density at radius 1 is 1.12 bits per heavy atom. The highest BCUT2D eigenvalue weighted by molar-refractivity contribution is 5.89. The number of benzene rings is 1. The Morgan fingerprint density at radius 3 is 2.54 bits per heavy atom. The van der Waals surface area contributed by atoms with Gasteiger partial charge in [-0.25, -0.2) is 0 Å². The molecular formula is C20H28N2O2. The maximum Gasteiger partial charge on any atom is 0.233 e. The van der Waals surface area contributed by atoms with E-state index in [-0.39, 0.29) is 5.41 Å². The zero-order valence-corrected chi connectivity index (χ0v) is 14.5. The van der Waals surface area contributed by atoms with E-state index in [2.05, 4.69) is 34.1 Å². The molecule has 0 radical (unpaired) electrons. The Balaban J connectivity index is 1.40. The summed E-state index contributed by atoms with van der Waals surface area (Å²) in [7, 11) is 0. The van der Waals surface area contributed by atoms with Crippen LogP contribution in [-0.4, -0.2) is 61.6 Å². The van der Waals surface area contributed by atoms with Crippen molar-refractivity contribution in [1.82, 2.24) is 9.80 Å². The van der Waals surface area contributed by atoms with Crippen molar-refractivity contribution in [3.63, 3.8) is 0 Å². The first-order valence-corrected chi connectivity index (χ1v) is 9.43. The van der Waals surface area contributed by atoms with E-state index in [1.807, 2.05) is 6.07 Å². The first-order valence-electron chi connectivity index (χ1n) is 9.43. The zero-order chi connectivity index (χ0) is 16.4. The van der Waals surface area contributed by atoms with Crippen LogP contribution in [0.5, 0.6) is 0 Å². The Morgan fingerprint density at radius 2 is 1.88 bits per heavy atom. The van der Waals surface area contributed by atoms with E-state index in [9.17, 15) is 4.79 Å². The van der Waals surface area contributed by atoms with Gasteiger partial charge in [-0.15, -0.1) is 0 Å². The van der Waals surface area contributed by atoms with Crippen LogP contribution in [0.25, 0.3) is 0 Å². The fourth-order valence-electron chi connectivity index (χ4n) is 4.53. The van der Waals surface area contributed by atoms with Gasteiger partial charge in [-0.3, -0.25) is 9.69 Å². The number of ether oxygens (including phenoxy) is 1. The van der Waals surface area contributed by atoms with Crippen molar-refractivity contribution in [2.75, 3.05) is 45.9 Å². The van der Waals surface area contributed by atoms with E-state index in [1.165, 1.54) is 12.0 Å². The molecule has 0 bridgehead atoms. The molecule has 2 heterocycles. The van der Waals surface area contributed by atoms with Crippen molar-refractivity contribution in [1.29, 1.82) is 0 Å². The van der Waals surface area contributed by atoms with Gasteiger partial charge < -0.3 is 9.64 Å². The second kappa shape index (κ2) is 6.85. The largest absolute Gasteiger partial charge is 0.379 e. The predicted octanol–water partition coefficient (Wildman–Crippen LogP) is 2.29. The molecule has 1 aromatic carbocycles. The second-order valence-corrected chi connectivity index (χ2v) is 7.62. The third-order valence-electron chi connectivity index (χ3n) is 6.14. The van der Waals surface area contributed by atoms with E-state index in [1.54, 1.807) is 0 Å². The molecular weight excluding hydrogens is 300 g/mol. The number of morpholine rings is 1. The molecule has 2 saturated heterocycles. The number of carbonyl (C=O) groups is 1. The van der Waals surface area contributed by atoms with E-state index in [4.69, 9.17) is 4.74 Å². The summed E-state index contributed by atoms with van der Waals surface area (Å²) in [6.07, 6.45) is 4.35. The average Bonchev–Trinajstić information content (AvgIpc) is 3.04. The summed E-state index contributed by atoms with van der Waals surface area (Å²) < 4.78 is 5.43. The van der Waals surface area contributed by atoms with Crippen LogP contribution < -0.4 is 0 Å². The summed E-state index contributed by atoms with van der Waals surface area (Å²) in [4.78, 5) is 17.9. The minimum Gasteiger partial charge on any atom is -0.379 e. The summed E-state index contributed by atoms with van der Waals surface area (Å²) in [6.45, 7) is 6.77. The summed E-state index contributed by atoms with van der Waals surface area (Å²) in [5.41, 5.74) is 0.993. The highest BCUT2D eigenvalue weighted by Gasteiger charge is 2.48. The van der Waals surface area contributed by atoms with Crippen LogP contribution in [0.2, 0.25) is 0 Å². The first kappa shape index (κ1) is 16.1. The third-order valence-corrected chi connectivity index (χ3v) is 6.14. The van der Waals surface area contributed by atoms with E-state index < -0.39 is 0 Å². The minimum absolute atomic E-state index is 0.227. The van der Waals surface area contributed by atoms with E-state index in [0.717, 1.165) is 65.2 Å². The van der Waals surface area contributed by atoms with Crippen molar-refractivity contribution in [3.05, 3.63) is 35.9 Å². The standard InChI is InChI=1S/C20H28N2O2/c23-19(20(8-4-9-20)18-5-2-1-3-6-18)22-10-7-17(16-22)15-21-11-13-24-14-12-21/h1-3,5-6,17H,4,7-16H2/t17-/m0/s1. The number of carbonyl (C=O) groups excluding carboxylic acids is 1. The number of hydrogen-bond acceptors (Lipinski definition) is 3. The molecule has 3 aliphatic rings. The van der Waals surface area contributed by atoms with E-state index in [0.29, 0.717) is 11.8 Å². The zero-order valence-electron chi connectivity index (χ0n) is 14.5. The monoisotopic (exact) mass is 328 g/mol. The predicted molar refractivity (Wildman–Crippen MR) is 93.9 cm³/mol. The Bertz CT molecular complexity index is 564. The molecule has 0 spiro atoms. The minimum atomic E-state index is -0.227. The van der Waals surface area contributed by atoms with Crippen LogP contribution in [0.3, 0.4) is 0 Å². The summed E-state index contributed by atoms with van der Waals surface area (Å²) in [6, 6.07) is 10.4. The van der Waals surface area contributed by atoms with Gasteiger partial charge in [0.15, 0.2) is 0 Å². The quantitative estimate of drug-likeness (QED) is 0.850. The Kier molecular flexibility index (Phi) is 4.59. The average molecular weight is 328 g/mol. The summed E-state index contributed by atoms with van der Waals surface area (Å²) in [5.74, 6) is 1.00. The molecule has 0 N–H and O–H groups in total.